The first-order valence-corrected chi connectivity index (χ1v) is 24.2. The number of fused-ring (bicyclic) bond motifs is 15. The Bertz CT molecular complexity index is 3630. The van der Waals surface area contributed by atoms with Gasteiger partial charge >= 0.3 is 0 Å². The molecule has 0 unspecified atom stereocenters. The highest BCUT2D eigenvalue weighted by molar-refractivity contribution is 6.06. The first kappa shape index (κ1) is 39.6. The van der Waals surface area contributed by atoms with E-state index < -0.39 is 0 Å². The minimum atomic E-state index is -0.190. The van der Waals surface area contributed by atoms with Crippen molar-refractivity contribution >= 4 is 10.8 Å². The minimum Gasteiger partial charge on any atom is -0.0620 e. The van der Waals surface area contributed by atoms with Gasteiger partial charge in [-0.25, -0.2) is 0 Å². The molecule has 13 rings (SSSR count). The molecule has 9 aromatic carbocycles. The Kier molecular flexibility index (Phi) is 8.05. The van der Waals surface area contributed by atoms with Gasteiger partial charge in [0.2, 0.25) is 0 Å². The lowest BCUT2D eigenvalue weighted by atomic mass is 9.70. The molecule has 66 heavy (non-hydrogen) atoms. The topological polar surface area (TPSA) is 0 Å². The molecule has 0 bridgehead atoms. The van der Waals surface area contributed by atoms with Gasteiger partial charge in [-0.3, -0.25) is 0 Å². The van der Waals surface area contributed by atoms with Crippen LogP contribution in [0.5, 0.6) is 0 Å². The van der Waals surface area contributed by atoms with E-state index in [2.05, 4.69) is 214 Å². The molecule has 0 spiro atoms. The Balaban J connectivity index is 0.945. The third-order valence-electron chi connectivity index (χ3n) is 16.8. The molecule has 0 amide bonds. The summed E-state index contributed by atoms with van der Waals surface area (Å²) in [5.74, 6) is 0. The second kappa shape index (κ2) is 13.4. The van der Waals surface area contributed by atoms with Crippen LogP contribution in [0.3, 0.4) is 0 Å². The summed E-state index contributed by atoms with van der Waals surface area (Å²) in [6, 6.07) is 58.6. The van der Waals surface area contributed by atoms with Gasteiger partial charge in [0.25, 0.3) is 0 Å². The zero-order chi connectivity index (χ0) is 45.2. The average molecular weight is 849 g/mol. The molecule has 0 nitrogen and oxygen atoms in total. The van der Waals surface area contributed by atoms with Crippen LogP contribution in [0, 0.1) is 20.8 Å². The van der Waals surface area contributed by atoms with Crippen molar-refractivity contribution < 1.29 is 0 Å². The molecule has 0 N–H and O–H groups in total. The molecular weight excluding hydrogens is 793 g/mol. The number of hydrogen-bond donors (Lipinski definition) is 0. The number of rotatable bonds is 4. The van der Waals surface area contributed by atoms with E-state index in [1.165, 1.54) is 150 Å². The molecule has 4 aliphatic rings. The lowest BCUT2D eigenvalue weighted by Crippen LogP contribution is -2.24. The van der Waals surface area contributed by atoms with Crippen LogP contribution in [0.15, 0.2) is 152 Å². The SMILES string of the molecule is Cc1ccc2c(c1)C(C)(C)c1c-2c(C)c(-c2ccccc2C)c2c1C(C)(C)c1cc(Cc3ccc4c(c3)C(C)(C)c3cc(-c5cccc6ccccc56)c5c(c3-4)-c3ccccc3C5)ccc1-2. The van der Waals surface area contributed by atoms with E-state index in [9.17, 15) is 0 Å². The fraction of sp³-hybridized carbons (Fsp3) is 0.212. The average Bonchev–Trinajstić information content (AvgIpc) is 3.95. The van der Waals surface area contributed by atoms with E-state index in [-0.39, 0.29) is 16.2 Å². The summed E-state index contributed by atoms with van der Waals surface area (Å²) in [5, 5.41) is 2.62. The molecule has 0 heteroatoms. The van der Waals surface area contributed by atoms with Crippen LogP contribution < -0.4 is 0 Å². The maximum atomic E-state index is 2.58. The summed E-state index contributed by atoms with van der Waals surface area (Å²) < 4.78 is 0. The fourth-order valence-corrected chi connectivity index (χ4v) is 13.6. The van der Waals surface area contributed by atoms with Crippen LogP contribution in [-0.4, -0.2) is 0 Å². The Morgan fingerprint density at radius 2 is 0.970 bits per heavy atom. The van der Waals surface area contributed by atoms with Crippen LogP contribution in [0.25, 0.3) is 77.5 Å². The summed E-state index contributed by atoms with van der Waals surface area (Å²) >= 11 is 0. The molecule has 9 aromatic rings. The Morgan fingerprint density at radius 1 is 0.394 bits per heavy atom. The lowest BCUT2D eigenvalue weighted by molar-refractivity contribution is 0.600. The van der Waals surface area contributed by atoms with Gasteiger partial charge in [-0.05, 0) is 184 Å². The fourth-order valence-electron chi connectivity index (χ4n) is 13.6. The lowest BCUT2D eigenvalue weighted by Gasteiger charge is -2.32. The van der Waals surface area contributed by atoms with Gasteiger partial charge < -0.3 is 0 Å². The van der Waals surface area contributed by atoms with E-state index in [1.54, 1.807) is 0 Å². The molecular formula is C66H56. The van der Waals surface area contributed by atoms with Crippen LogP contribution in [0.2, 0.25) is 0 Å². The first-order valence-electron chi connectivity index (χ1n) is 24.2. The van der Waals surface area contributed by atoms with Crippen molar-refractivity contribution in [2.45, 2.75) is 91.4 Å². The van der Waals surface area contributed by atoms with E-state index in [0.717, 1.165) is 12.8 Å². The number of hydrogen-bond acceptors (Lipinski definition) is 0. The summed E-state index contributed by atoms with van der Waals surface area (Å²) in [7, 11) is 0. The maximum absolute atomic E-state index is 2.58. The Hall–Kier alpha value is -6.76. The zero-order valence-electron chi connectivity index (χ0n) is 39.8. The standard InChI is InChI=1S/C66H56/c1-37-25-28-48-53(31-37)65(6,7)62-58(48)39(3)57(44-21-13-10-17-38(44)2)61-50-30-27-41(34-55(50)66(8,9)63(61)62)32-40-26-29-49-54(33-40)64(4,5)56-36-51(47-24-16-20-42-18-11-14-22-45(42)47)52-35-43-19-12-15-23-46(43)59(52)60(49)56/h10-31,33-34,36H,32,35H2,1-9H3. The van der Waals surface area contributed by atoms with E-state index in [1.807, 2.05) is 0 Å². The quantitative estimate of drug-likeness (QED) is 0.166. The molecule has 0 heterocycles. The van der Waals surface area contributed by atoms with Crippen molar-refractivity contribution in [1.82, 2.24) is 0 Å². The van der Waals surface area contributed by atoms with Gasteiger partial charge in [0.1, 0.15) is 0 Å². The molecule has 4 aliphatic carbocycles. The largest absolute Gasteiger partial charge is 0.0620 e. The van der Waals surface area contributed by atoms with Crippen LogP contribution in [-0.2, 0) is 29.1 Å². The molecule has 320 valence electrons. The maximum Gasteiger partial charge on any atom is 0.0162 e. The molecule has 0 saturated carbocycles. The van der Waals surface area contributed by atoms with Crippen LogP contribution >= 0.6 is 0 Å². The highest BCUT2D eigenvalue weighted by atomic mass is 14.5. The second-order valence-electron chi connectivity index (χ2n) is 21.7. The van der Waals surface area contributed by atoms with Crippen molar-refractivity contribution in [2.75, 3.05) is 0 Å². The Morgan fingerprint density at radius 3 is 1.73 bits per heavy atom. The summed E-state index contributed by atoms with van der Waals surface area (Å²) in [5.41, 5.74) is 34.9. The van der Waals surface area contributed by atoms with Crippen LogP contribution in [0.4, 0.5) is 0 Å². The Labute approximate surface area is 391 Å². The number of benzene rings is 9. The predicted octanol–water partition coefficient (Wildman–Crippen LogP) is 17.2. The van der Waals surface area contributed by atoms with Gasteiger partial charge in [-0.15, -0.1) is 0 Å². The van der Waals surface area contributed by atoms with Crippen molar-refractivity contribution in [2.24, 2.45) is 0 Å². The van der Waals surface area contributed by atoms with Gasteiger partial charge in [-0.1, -0.05) is 193 Å². The molecule has 0 fully saturated rings. The predicted molar refractivity (Wildman–Crippen MR) is 279 cm³/mol. The van der Waals surface area contributed by atoms with Gasteiger partial charge in [0.15, 0.2) is 0 Å². The highest BCUT2D eigenvalue weighted by Gasteiger charge is 2.48. The zero-order valence-corrected chi connectivity index (χ0v) is 39.8. The number of aryl methyl sites for hydroxylation is 2. The van der Waals surface area contributed by atoms with E-state index in [4.69, 9.17) is 0 Å². The summed E-state index contributed by atoms with van der Waals surface area (Å²) in [4.78, 5) is 0. The molecule has 0 saturated heterocycles. The minimum absolute atomic E-state index is 0.120. The smallest absolute Gasteiger partial charge is 0.0162 e. The van der Waals surface area contributed by atoms with Gasteiger partial charge in [-0.2, -0.15) is 0 Å². The van der Waals surface area contributed by atoms with Gasteiger partial charge in [0.05, 0.1) is 0 Å². The van der Waals surface area contributed by atoms with Crippen molar-refractivity contribution in [3.05, 3.63) is 224 Å². The van der Waals surface area contributed by atoms with Gasteiger partial charge in [0, 0.05) is 16.2 Å². The third kappa shape index (κ3) is 5.16. The monoisotopic (exact) mass is 848 g/mol. The summed E-state index contributed by atoms with van der Waals surface area (Å²) in [6.45, 7) is 21.8. The highest BCUT2D eigenvalue weighted by Crippen LogP contribution is 2.64. The van der Waals surface area contributed by atoms with Crippen molar-refractivity contribution in [1.29, 1.82) is 0 Å². The van der Waals surface area contributed by atoms with E-state index in [0.29, 0.717) is 0 Å². The molecule has 0 atom stereocenters. The normalized spacial score (nSPS) is 15.7. The van der Waals surface area contributed by atoms with Crippen LogP contribution in [0.1, 0.15) is 114 Å². The third-order valence-corrected chi connectivity index (χ3v) is 16.8. The van der Waals surface area contributed by atoms with Crippen molar-refractivity contribution in [3.63, 3.8) is 0 Å². The van der Waals surface area contributed by atoms with Crippen molar-refractivity contribution in [3.8, 4) is 66.8 Å². The molecule has 0 aliphatic heterocycles. The molecule has 0 radical (unpaired) electrons. The first-order chi connectivity index (χ1) is 31.7. The molecule has 0 aromatic heterocycles. The second-order valence-corrected chi connectivity index (χ2v) is 21.7. The van der Waals surface area contributed by atoms with E-state index >= 15 is 0 Å². The summed E-state index contributed by atoms with van der Waals surface area (Å²) in [6.07, 6.45) is 1.85.